The molecule has 4 heteroatoms. The summed E-state index contributed by atoms with van der Waals surface area (Å²) in [5.41, 5.74) is 2.39. The summed E-state index contributed by atoms with van der Waals surface area (Å²) < 4.78 is 10.9. The second kappa shape index (κ2) is 10.5. The Hall–Kier alpha value is -2.62. The molecule has 0 fully saturated rings. The Labute approximate surface area is 161 Å². The van der Waals surface area contributed by atoms with Crippen LogP contribution in [0.5, 0.6) is 5.75 Å². The molecule has 0 saturated heterocycles. The van der Waals surface area contributed by atoms with E-state index in [1.165, 1.54) is 12.8 Å². The molecule has 0 aliphatic rings. The van der Waals surface area contributed by atoms with E-state index in [-0.39, 0.29) is 11.1 Å². The lowest BCUT2D eigenvalue weighted by molar-refractivity contribution is 0.0489. The number of hydrogen-bond acceptors (Lipinski definition) is 4. The Balaban J connectivity index is 2.02. The molecule has 0 atom stereocenters. The predicted octanol–water partition coefficient (Wildman–Crippen LogP) is 5.65. The van der Waals surface area contributed by atoms with Crippen molar-refractivity contribution in [2.24, 2.45) is 0 Å². The molecule has 4 nitrogen and oxygen atoms in total. The van der Waals surface area contributed by atoms with Gasteiger partial charge in [0, 0.05) is 0 Å². The summed E-state index contributed by atoms with van der Waals surface area (Å²) in [5.74, 6) is -0.544. The van der Waals surface area contributed by atoms with Crippen molar-refractivity contribution in [3.8, 4) is 5.75 Å². The lowest BCUT2D eigenvalue weighted by Gasteiger charge is -2.12. The van der Waals surface area contributed by atoms with E-state index in [0.717, 1.165) is 30.4 Å². The first-order valence-corrected chi connectivity index (χ1v) is 9.59. The van der Waals surface area contributed by atoms with Crippen LogP contribution in [0.2, 0.25) is 0 Å². The van der Waals surface area contributed by atoms with Gasteiger partial charge in [0.1, 0.15) is 5.75 Å². The number of ether oxygens (including phenoxy) is 2. The topological polar surface area (TPSA) is 52.6 Å². The van der Waals surface area contributed by atoms with Gasteiger partial charge in [0.2, 0.25) is 0 Å². The zero-order valence-corrected chi connectivity index (χ0v) is 16.4. The first-order chi connectivity index (χ1) is 13.0. The minimum absolute atomic E-state index is 0.217. The van der Waals surface area contributed by atoms with Crippen LogP contribution < -0.4 is 4.74 Å². The third-order valence-corrected chi connectivity index (χ3v) is 4.61. The quantitative estimate of drug-likeness (QED) is 0.326. The Morgan fingerprint density at radius 2 is 1.48 bits per heavy atom. The van der Waals surface area contributed by atoms with E-state index in [2.05, 4.69) is 6.92 Å². The normalized spacial score (nSPS) is 10.5. The number of carbonyl (C=O) groups excluding carboxylic acids is 2. The van der Waals surface area contributed by atoms with Crippen molar-refractivity contribution in [3.05, 3.63) is 64.7 Å². The van der Waals surface area contributed by atoms with Gasteiger partial charge in [-0.05, 0) is 49.6 Å². The van der Waals surface area contributed by atoms with E-state index in [9.17, 15) is 9.59 Å². The molecule has 0 aliphatic heterocycles. The van der Waals surface area contributed by atoms with Gasteiger partial charge in [0.25, 0.3) is 0 Å². The summed E-state index contributed by atoms with van der Waals surface area (Å²) in [5, 5.41) is 0. The Bertz CT molecular complexity index is 780. The molecule has 0 heterocycles. The van der Waals surface area contributed by atoms with Crippen LogP contribution >= 0.6 is 0 Å². The summed E-state index contributed by atoms with van der Waals surface area (Å²) >= 11 is 0. The van der Waals surface area contributed by atoms with Crippen molar-refractivity contribution in [1.29, 1.82) is 0 Å². The van der Waals surface area contributed by atoms with E-state index in [0.29, 0.717) is 12.4 Å². The van der Waals surface area contributed by atoms with Crippen LogP contribution in [0.3, 0.4) is 0 Å². The molecular formula is C23H28O4. The maximum Gasteiger partial charge on any atom is 0.344 e. The molecule has 2 aromatic carbocycles. The van der Waals surface area contributed by atoms with Crippen LogP contribution in [-0.4, -0.2) is 18.5 Å². The fourth-order valence-electron chi connectivity index (χ4n) is 2.78. The molecule has 0 unspecified atom stereocenters. The number of unbranched alkanes of at least 4 members (excludes halogenated alkanes) is 4. The molecule has 0 amide bonds. The fourth-order valence-corrected chi connectivity index (χ4v) is 2.78. The van der Waals surface area contributed by atoms with Crippen molar-refractivity contribution in [2.45, 2.75) is 52.9 Å². The minimum atomic E-state index is -0.556. The molecule has 0 aromatic heterocycles. The molecule has 144 valence electrons. The Morgan fingerprint density at radius 1 is 0.815 bits per heavy atom. The smallest absolute Gasteiger partial charge is 0.344 e. The average Bonchev–Trinajstić information content (AvgIpc) is 2.68. The van der Waals surface area contributed by atoms with Gasteiger partial charge in [0.15, 0.2) is 0 Å². The second-order valence-electron chi connectivity index (χ2n) is 6.68. The number of benzene rings is 2. The summed E-state index contributed by atoms with van der Waals surface area (Å²) in [6.07, 6.45) is 5.39. The highest BCUT2D eigenvalue weighted by Gasteiger charge is 2.20. The largest absolute Gasteiger partial charge is 0.462 e. The summed E-state index contributed by atoms with van der Waals surface area (Å²) in [6, 6.07) is 12.2. The molecule has 0 saturated carbocycles. The molecule has 2 rings (SSSR count). The highest BCUT2D eigenvalue weighted by molar-refractivity contribution is 6.03. The van der Waals surface area contributed by atoms with Gasteiger partial charge in [-0.1, -0.05) is 56.9 Å². The third kappa shape index (κ3) is 5.95. The van der Waals surface area contributed by atoms with Gasteiger partial charge < -0.3 is 9.47 Å². The molecule has 0 bridgehead atoms. The summed E-state index contributed by atoms with van der Waals surface area (Å²) in [7, 11) is 0. The zero-order chi connectivity index (χ0) is 19.6. The lowest BCUT2D eigenvalue weighted by atomic mass is 10.1. The number of hydrogen-bond donors (Lipinski definition) is 0. The van der Waals surface area contributed by atoms with Crippen LogP contribution in [0.25, 0.3) is 0 Å². The first kappa shape index (κ1) is 20.7. The van der Waals surface area contributed by atoms with Crippen LogP contribution in [-0.2, 0) is 4.74 Å². The minimum Gasteiger partial charge on any atom is -0.462 e. The molecule has 0 spiro atoms. The third-order valence-electron chi connectivity index (χ3n) is 4.61. The predicted molar refractivity (Wildman–Crippen MR) is 106 cm³/mol. The average molecular weight is 368 g/mol. The van der Waals surface area contributed by atoms with Crippen LogP contribution in [0.4, 0.5) is 0 Å². The molecule has 27 heavy (non-hydrogen) atoms. The Morgan fingerprint density at radius 3 is 2.19 bits per heavy atom. The summed E-state index contributed by atoms with van der Waals surface area (Å²) in [6.45, 7) is 6.38. The van der Waals surface area contributed by atoms with Crippen LogP contribution in [0, 0.1) is 13.8 Å². The molecule has 0 N–H and O–H groups in total. The van der Waals surface area contributed by atoms with E-state index in [1.54, 1.807) is 30.3 Å². The van der Waals surface area contributed by atoms with Crippen LogP contribution in [0.15, 0.2) is 42.5 Å². The highest BCUT2D eigenvalue weighted by Crippen LogP contribution is 2.22. The first-order valence-electron chi connectivity index (χ1n) is 9.59. The number of carbonyl (C=O) groups is 2. The molecular weight excluding hydrogens is 340 g/mol. The summed E-state index contributed by atoms with van der Waals surface area (Å²) in [4.78, 5) is 25.0. The van der Waals surface area contributed by atoms with Crippen molar-refractivity contribution in [1.82, 2.24) is 0 Å². The van der Waals surface area contributed by atoms with Crippen LogP contribution in [0.1, 0.15) is 70.9 Å². The monoisotopic (exact) mass is 368 g/mol. The van der Waals surface area contributed by atoms with Gasteiger partial charge >= 0.3 is 11.9 Å². The molecule has 0 radical (unpaired) electrons. The number of aryl methyl sites for hydroxylation is 1. The molecule has 2 aromatic rings. The van der Waals surface area contributed by atoms with Gasteiger partial charge in [-0.2, -0.15) is 0 Å². The molecule has 0 aliphatic carbocycles. The van der Waals surface area contributed by atoms with Gasteiger partial charge in [0.05, 0.1) is 17.7 Å². The maximum absolute atomic E-state index is 12.6. The second-order valence-corrected chi connectivity index (χ2v) is 6.68. The van der Waals surface area contributed by atoms with E-state index < -0.39 is 11.9 Å². The van der Waals surface area contributed by atoms with Gasteiger partial charge in [-0.15, -0.1) is 0 Å². The maximum atomic E-state index is 12.6. The van der Waals surface area contributed by atoms with Crippen molar-refractivity contribution < 1.29 is 19.1 Å². The highest BCUT2D eigenvalue weighted by atomic mass is 16.5. The van der Waals surface area contributed by atoms with E-state index >= 15 is 0 Å². The lowest BCUT2D eigenvalue weighted by Crippen LogP contribution is -2.16. The van der Waals surface area contributed by atoms with Gasteiger partial charge in [-0.3, -0.25) is 0 Å². The zero-order valence-electron chi connectivity index (χ0n) is 16.4. The van der Waals surface area contributed by atoms with Gasteiger partial charge in [-0.25, -0.2) is 9.59 Å². The number of rotatable bonds is 9. The SMILES string of the molecule is CCCCCCCOC(=O)c1ccccc1C(=O)Oc1cccc(C)c1C. The Kier molecular flexibility index (Phi) is 8.05. The van der Waals surface area contributed by atoms with Crippen molar-refractivity contribution in [2.75, 3.05) is 6.61 Å². The van der Waals surface area contributed by atoms with Crippen molar-refractivity contribution in [3.63, 3.8) is 0 Å². The fraction of sp³-hybridized carbons (Fsp3) is 0.391. The van der Waals surface area contributed by atoms with E-state index in [1.807, 2.05) is 26.0 Å². The van der Waals surface area contributed by atoms with E-state index in [4.69, 9.17) is 9.47 Å². The standard InChI is InChI=1S/C23H28O4/c1-4-5-6-7-10-16-26-22(24)19-13-8-9-14-20(19)23(25)27-21-15-11-12-17(2)18(21)3/h8-9,11-15H,4-7,10,16H2,1-3H3. The van der Waals surface area contributed by atoms with Crippen molar-refractivity contribution >= 4 is 11.9 Å². The number of esters is 2.